The molecule has 11 atom stereocenters. The van der Waals surface area contributed by atoms with Crippen molar-refractivity contribution in [3.05, 3.63) is 98.0 Å². The molecule has 82 heavy (non-hydrogen) atoms. The minimum atomic E-state index is -2.14. The zero-order chi connectivity index (χ0) is 59.5. The maximum atomic E-state index is 16.3. The lowest BCUT2D eigenvalue weighted by atomic mass is 9.81. The normalized spacial score (nSPS) is 29.9. The summed E-state index contributed by atoms with van der Waals surface area (Å²) in [6, 6.07) is 0.197. The molecule has 6 aliphatic rings. The number of halogens is 1. The standard InChI is InChI=1S/C60H73FN6O15/c1-27-12-10-13-28(2)57(75)64-46-39(23-63-66-20-17-36(25-66)35-14-11-19-65(24-35)48-30(4)47-37(34-15-16-34)22-38(59(77)78)58(76)67(47)26-40(48)61)52(72)42-43(53(46)73)50(70)31(5)55-44(42)56(74)60(8,82-55)80-21-18-41(79-9)29(3)54(81-33(7)68)32(6)51(71)45(62)49(27)69/h10,12-13,18,21-23,26-27,29,32,34-36,41,45,49,51,54,69-73H,11,14-17,19-20,24-25,62H2,1-9H3,(H,64,75)(H,77,78)/b12-10+,21-18+,28-13-,63-23+/t27-,29+,32+,35?,36?,41-,45+,49-,51-,54+,60-/m0/s1. The molecule has 1 saturated carbocycles. The molecule has 2 aromatic heterocycles. The summed E-state index contributed by atoms with van der Waals surface area (Å²) >= 11 is 0. The van der Waals surface area contributed by atoms with E-state index in [4.69, 9.17) is 29.8 Å². The Bertz CT molecular complexity index is 3440. The van der Waals surface area contributed by atoms with Crippen molar-refractivity contribution in [2.45, 2.75) is 130 Å². The van der Waals surface area contributed by atoms with Crippen molar-refractivity contribution in [2.24, 2.45) is 40.4 Å². The van der Waals surface area contributed by atoms with E-state index in [2.05, 4.69) is 5.32 Å². The number of allylic oxidation sites excluding steroid dienone is 2. The van der Waals surface area contributed by atoms with Crippen LogP contribution in [0.25, 0.3) is 16.3 Å². The van der Waals surface area contributed by atoms with Gasteiger partial charge in [-0.3, -0.25) is 28.6 Å². The number of phenols is 3. The Balaban J connectivity index is 1.06. The van der Waals surface area contributed by atoms with E-state index < -0.39 is 112 Å². The van der Waals surface area contributed by atoms with Gasteiger partial charge in [0, 0.05) is 81.4 Å². The van der Waals surface area contributed by atoms with Gasteiger partial charge >= 0.3 is 17.7 Å². The molecule has 2 aromatic carbocycles. The highest BCUT2D eigenvalue weighted by molar-refractivity contribution is 6.24. The first-order valence-electron chi connectivity index (χ1n) is 27.8. The molecule has 1 aliphatic carbocycles. The molecule has 4 aromatic rings. The van der Waals surface area contributed by atoms with Crippen LogP contribution in [0.15, 0.2) is 58.3 Å². The molecule has 5 bridgehead atoms. The van der Waals surface area contributed by atoms with Gasteiger partial charge in [0.25, 0.3) is 17.2 Å². The van der Waals surface area contributed by atoms with E-state index in [-0.39, 0.29) is 62.2 Å². The number of aliphatic hydroxyl groups excluding tert-OH is 2. The first-order valence-corrected chi connectivity index (χ1v) is 27.8. The number of carboxylic acid groups (broad SMARTS) is 1. The van der Waals surface area contributed by atoms with Gasteiger partial charge in [0.1, 0.15) is 28.9 Å². The van der Waals surface area contributed by atoms with Crippen molar-refractivity contribution >= 4 is 57.5 Å². The SMILES string of the molecule is CO[C@H]1/C=C/O[C@@]2(C)Oc3c(C)c(O)c4c(O)c(c(/C=N/N5CCC(C6CCCN(c7c(F)cn8c(=O)c(C(=O)O)cc(C9CC9)c8c7C)C6)C5)c(O)c4c3C2=O)NC(=O)/C(C)=C\C=C\[C@H](C)[C@H](O)[C@@H](N)[C@@H](O)[C@@H](C)[C@H](OC(C)=O)[C@@H]1C. The molecule has 0 spiro atoms. The topological polar surface area (TPSA) is 305 Å². The largest absolute Gasteiger partial charge is 0.507 e. The second kappa shape index (κ2) is 23.0. The van der Waals surface area contributed by atoms with Gasteiger partial charge in [-0.1, -0.05) is 39.0 Å². The highest BCUT2D eigenvalue weighted by atomic mass is 19.1. The van der Waals surface area contributed by atoms with Crippen LogP contribution in [0, 0.1) is 49.3 Å². The summed E-state index contributed by atoms with van der Waals surface area (Å²) < 4.78 is 41.2. The Morgan fingerprint density at radius 3 is 2.30 bits per heavy atom. The highest BCUT2D eigenvalue weighted by Gasteiger charge is 2.50. The number of fused-ring (bicyclic) bond motifs is 15. The van der Waals surface area contributed by atoms with E-state index >= 15 is 4.39 Å². The number of pyridine rings is 2. The number of nitrogens with two attached hydrogens (primary N) is 1. The fourth-order valence-corrected chi connectivity index (χ4v) is 12.5. The summed E-state index contributed by atoms with van der Waals surface area (Å²) in [5.74, 6) is -10.5. The number of phenolic OH excluding ortho intramolecular Hbond substituents is 3. The first-order chi connectivity index (χ1) is 38.8. The Morgan fingerprint density at radius 1 is 0.927 bits per heavy atom. The molecule has 2 unspecified atom stereocenters. The third kappa shape index (κ3) is 10.8. The van der Waals surface area contributed by atoms with Crippen LogP contribution in [0.2, 0.25) is 0 Å². The third-order valence-electron chi connectivity index (χ3n) is 17.4. The number of carbonyl (C=O) groups excluding carboxylic acids is 3. The Hall–Kier alpha value is -7.53. The molecule has 10 rings (SSSR count). The number of methoxy groups -OCH3 is 1. The number of hydrogen-bond acceptors (Lipinski definition) is 18. The number of nitrogens with zero attached hydrogens (tertiary/aromatic N) is 4. The molecule has 7 heterocycles. The first kappa shape index (κ1) is 59.1. The fourth-order valence-electron chi connectivity index (χ4n) is 12.5. The number of anilines is 2. The molecule has 0 radical (unpaired) electrons. The molecular weight excluding hydrogens is 1060 g/mol. The number of ether oxygens (including phenoxy) is 4. The minimum Gasteiger partial charge on any atom is -0.507 e. The summed E-state index contributed by atoms with van der Waals surface area (Å²) in [6.45, 7) is 14.1. The number of hydrogen-bond donors (Lipinski definition) is 8. The molecule has 9 N–H and O–H groups in total. The minimum absolute atomic E-state index is 0.00214. The van der Waals surface area contributed by atoms with E-state index in [0.29, 0.717) is 54.9 Å². The van der Waals surface area contributed by atoms with E-state index in [0.717, 1.165) is 42.5 Å². The maximum absolute atomic E-state index is 16.3. The number of piperidine rings is 1. The van der Waals surface area contributed by atoms with Crippen LogP contribution in [-0.4, -0.2) is 139 Å². The number of esters is 1. The highest BCUT2D eigenvalue weighted by Crippen LogP contribution is 2.55. The summed E-state index contributed by atoms with van der Waals surface area (Å²) in [7, 11) is 1.40. The molecule has 2 saturated heterocycles. The number of aryl methyl sites for hydroxylation is 1. The van der Waals surface area contributed by atoms with Crippen LogP contribution in [0.4, 0.5) is 15.8 Å². The molecule has 21 nitrogen and oxygen atoms in total. The molecular formula is C60H73FN6O15. The number of benzene rings is 2. The van der Waals surface area contributed by atoms with Crippen LogP contribution < -0.4 is 26.2 Å². The monoisotopic (exact) mass is 1140 g/mol. The van der Waals surface area contributed by atoms with E-state index in [1.54, 1.807) is 38.8 Å². The summed E-state index contributed by atoms with van der Waals surface area (Å²) in [6.07, 6.45) is 8.78. The van der Waals surface area contributed by atoms with Gasteiger partial charge in [-0.05, 0) is 93.9 Å². The summed E-state index contributed by atoms with van der Waals surface area (Å²) in [5, 5.41) is 77.9. The number of aromatic carboxylic acids is 1. The van der Waals surface area contributed by atoms with E-state index in [1.807, 2.05) is 4.90 Å². The quantitative estimate of drug-likeness (QED) is 0.0396. The lowest BCUT2D eigenvalue weighted by Gasteiger charge is -2.38. The van der Waals surface area contributed by atoms with Gasteiger partial charge in [0.2, 0.25) is 0 Å². The zero-order valence-corrected chi connectivity index (χ0v) is 47.4. The lowest BCUT2D eigenvalue weighted by Crippen LogP contribution is -2.53. The van der Waals surface area contributed by atoms with Crippen molar-refractivity contribution < 1.29 is 73.2 Å². The average Bonchev–Trinajstić information content (AvgIpc) is 1.84. The van der Waals surface area contributed by atoms with Crippen LogP contribution in [0.3, 0.4) is 0 Å². The lowest BCUT2D eigenvalue weighted by molar-refractivity contribution is -0.159. The van der Waals surface area contributed by atoms with Gasteiger partial charge in [-0.15, -0.1) is 0 Å². The molecule has 5 aliphatic heterocycles. The predicted molar refractivity (Wildman–Crippen MR) is 302 cm³/mol. The number of nitrogens with one attached hydrogen (secondary N) is 1. The van der Waals surface area contributed by atoms with Gasteiger partial charge in [-0.2, -0.15) is 5.10 Å². The van der Waals surface area contributed by atoms with E-state index in [1.165, 1.54) is 65.3 Å². The van der Waals surface area contributed by atoms with Crippen molar-refractivity contribution in [2.75, 3.05) is 43.5 Å². The number of aromatic nitrogens is 1. The maximum Gasteiger partial charge on any atom is 0.341 e. The number of aliphatic hydroxyl groups is 2. The molecule has 3 fully saturated rings. The Kier molecular flexibility index (Phi) is 16.6. The summed E-state index contributed by atoms with van der Waals surface area (Å²) in [5.41, 5.74) is 6.71. The van der Waals surface area contributed by atoms with Crippen LogP contribution >= 0.6 is 0 Å². The smallest absolute Gasteiger partial charge is 0.341 e. The fraction of sp³-hybridized carbons (Fsp3) is 0.500. The number of Topliss-reactive ketones (excluding diaryl/α,β-unsaturated/α-hetero) is 1. The van der Waals surface area contributed by atoms with Gasteiger partial charge in [-0.25, -0.2) is 9.18 Å². The summed E-state index contributed by atoms with van der Waals surface area (Å²) in [4.78, 5) is 68.7. The number of carbonyl (C=O) groups is 4. The number of rotatable bonds is 8. The van der Waals surface area contributed by atoms with Crippen LogP contribution in [0.1, 0.15) is 123 Å². The zero-order valence-electron chi connectivity index (χ0n) is 47.4. The van der Waals surface area contributed by atoms with Gasteiger partial charge in [0.15, 0.2) is 11.6 Å². The molecule has 22 heteroatoms. The third-order valence-corrected chi connectivity index (χ3v) is 17.4. The van der Waals surface area contributed by atoms with Crippen molar-refractivity contribution in [1.82, 2.24) is 9.41 Å². The number of ketones is 1. The van der Waals surface area contributed by atoms with Crippen molar-refractivity contribution in [3.8, 4) is 23.0 Å². The van der Waals surface area contributed by atoms with Crippen LogP contribution in [-0.2, 0) is 23.8 Å². The predicted octanol–water partition coefficient (Wildman–Crippen LogP) is 6.65. The van der Waals surface area contributed by atoms with Crippen LogP contribution in [0.5, 0.6) is 23.0 Å². The van der Waals surface area contributed by atoms with E-state index in [9.17, 15) is 54.6 Å². The second-order valence-corrected chi connectivity index (χ2v) is 23.0. The number of amides is 1. The van der Waals surface area contributed by atoms with Crippen molar-refractivity contribution in [3.63, 3.8) is 0 Å². The van der Waals surface area contributed by atoms with Gasteiger partial charge < -0.3 is 65.5 Å². The second-order valence-electron chi connectivity index (χ2n) is 23.0. The number of carboxylic acids is 1. The molecule has 1 amide bonds. The van der Waals surface area contributed by atoms with Gasteiger partial charge in [0.05, 0.1) is 76.4 Å². The Labute approximate surface area is 473 Å². The number of aromatic hydroxyl groups is 3. The number of hydrazone groups is 1. The molecule has 440 valence electrons. The van der Waals surface area contributed by atoms with Crippen molar-refractivity contribution in [1.29, 1.82) is 0 Å². The Morgan fingerprint density at radius 2 is 1.63 bits per heavy atom. The average molecular weight is 1140 g/mol.